The van der Waals surface area contributed by atoms with Crippen LogP contribution in [-0.2, 0) is 32.5 Å². The Balaban J connectivity index is 1.59. The molecule has 1 heterocycles. The van der Waals surface area contributed by atoms with E-state index in [1.54, 1.807) is 48.2 Å². The van der Waals surface area contributed by atoms with Gasteiger partial charge in [0.15, 0.2) is 11.6 Å². The highest BCUT2D eigenvalue weighted by molar-refractivity contribution is 7.89. The van der Waals surface area contributed by atoms with E-state index in [0.717, 1.165) is 17.7 Å². The van der Waals surface area contributed by atoms with E-state index in [9.17, 15) is 26.8 Å². The third-order valence-corrected chi connectivity index (χ3v) is 7.41. The van der Waals surface area contributed by atoms with E-state index >= 15 is 0 Å². The van der Waals surface area contributed by atoms with Crippen molar-refractivity contribution < 1.29 is 26.8 Å². The van der Waals surface area contributed by atoms with Gasteiger partial charge in [-0.2, -0.15) is 4.72 Å². The zero-order valence-electron chi connectivity index (χ0n) is 19.5. The van der Waals surface area contributed by atoms with E-state index < -0.39 is 33.6 Å². The first-order valence-electron chi connectivity index (χ1n) is 11.4. The topological polar surface area (TPSA) is 95.6 Å². The number of hydrogen-bond acceptors (Lipinski definition) is 4. The van der Waals surface area contributed by atoms with Gasteiger partial charge in [0.25, 0.3) is 0 Å². The summed E-state index contributed by atoms with van der Waals surface area (Å²) < 4.78 is 55.9. The van der Waals surface area contributed by atoms with Crippen LogP contribution >= 0.6 is 0 Å². The number of halogens is 2. The van der Waals surface area contributed by atoms with Crippen molar-refractivity contribution in [2.24, 2.45) is 0 Å². The van der Waals surface area contributed by atoms with Crippen molar-refractivity contribution in [1.82, 2.24) is 4.72 Å². The van der Waals surface area contributed by atoms with Crippen LogP contribution in [0.2, 0.25) is 0 Å². The molecule has 1 aliphatic rings. The molecule has 0 saturated carbocycles. The summed E-state index contributed by atoms with van der Waals surface area (Å²) >= 11 is 0. The first kappa shape index (κ1) is 25.5. The molecular formula is C26H25F2N3O4S. The summed E-state index contributed by atoms with van der Waals surface area (Å²) in [7, 11) is -4.14. The van der Waals surface area contributed by atoms with Crippen LogP contribution in [0.1, 0.15) is 24.5 Å². The van der Waals surface area contributed by atoms with Gasteiger partial charge >= 0.3 is 0 Å². The second-order valence-electron chi connectivity index (χ2n) is 8.42. The lowest BCUT2D eigenvalue weighted by Gasteiger charge is -2.20. The van der Waals surface area contributed by atoms with E-state index in [-0.39, 0.29) is 22.9 Å². The molecule has 0 bridgehead atoms. The predicted molar refractivity (Wildman–Crippen MR) is 132 cm³/mol. The third-order valence-electron chi connectivity index (χ3n) is 5.94. The highest BCUT2D eigenvalue weighted by Gasteiger charge is 2.29. The number of nitrogens with zero attached hydrogens (tertiary/aromatic N) is 1. The molecule has 188 valence electrons. The molecule has 10 heteroatoms. The number of hydrogen-bond donors (Lipinski definition) is 2. The number of fused-ring (bicyclic) bond motifs is 1. The van der Waals surface area contributed by atoms with Crippen LogP contribution in [0.4, 0.5) is 20.2 Å². The number of rotatable bonds is 8. The molecule has 0 spiro atoms. The minimum Gasteiger partial charge on any atom is -0.325 e. The van der Waals surface area contributed by atoms with Crippen LogP contribution in [0, 0.1) is 11.6 Å². The van der Waals surface area contributed by atoms with E-state index in [1.165, 1.54) is 18.2 Å². The molecule has 2 N–H and O–H groups in total. The van der Waals surface area contributed by atoms with E-state index in [0.29, 0.717) is 30.6 Å². The fraction of sp³-hybridized carbons (Fsp3) is 0.231. The molecule has 3 aromatic rings. The van der Waals surface area contributed by atoms with Gasteiger partial charge in [-0.3, -0.25) is 9.59 Å². The molecule has 1 aliphatic heterocycles. The molecule has 3 aromatic carbocycles. The van der Waals surface area contributed by atoms with Crippen molar-refractivity contribution in [2.45, 2.75) is 37.1 Å². The quantitative estimate of drug-likeness (QED) is 0.479. The van der Waals surface area contributed by atoms with E-state index in [2.05, 4.69) is 10.0 Å². The Bertz CT molecular complexity index is 1400. The number of anilines is 2. The van der Waals surface area contributed by atoms with Crippen LogP contribution < -0.4 is 14.9 Å². The Kier molecular flexibility index (Phi) is 7.46. The molecule has 36 heavy (non-hydrogen) atoms. The SMILES string of the molecule is CCC(=O)N1CCc2cc(S(=O)(=O)N[C@@H](Cc3ccccc3)C(=O)Nc3ccc(F)c(F)c3)ccc21. The van der Waals surface area contributed by atoms with Crippen LogP contribution in [0.5, 0.6) is 0 Å². The van der Waals surface area contributed by atoms with Gasteiger partial charge in [-0.05, 0) is 54.3 Å². The Morgan fingerprint density at radius 1 is 1.00 bits per heavy atom. The second kappa shape index (κ2) is 10.5. The maximum atomic E-state index is 13.6. The van der Waals surface area contributed by atoms with E-state index in [4.69, 9.17) is 0 Å². The predicted octanol–water partition coefficient (Wildman–Crippen LogP) is 3.79. The third kappa shape index (κ3) is 5.60. The van der Waals surface area contributed by atoms with Crippen molar-refractivity contribution in [3.63, 3.8) is 0 Å². The molecule has 1 atom stereocenters. The summed E-state index contributed by atoms with van der Waals surface area (Å²) in [6.07, 6.45) is 0.892. The zero-order valence-corrected chi connectivity index (χ0v) is 20.3. The fourth-order valence-corrected chi connectivity index (χ4v) is 5.34. The van der Waals surface area contributed by atoms with Gasteiger partial charge < -0.3 is 10.2 Å². The second-order valence-corrected chi connectivity index (χ2v) is 10.1. The molecular weight excluding hydrogens is 488 g/mol. The summed E-state index contributed by atoms with van der Waals surface area (Å²) in [6, 6.07) is 15.0. The molecule has 0 radical (unpaired) electrons. The average Bonchev–Trinajstić information content (AvgIpc) is 3.29. The van der Waals surface area contributed by atoms with Crippen molar-refractivity contribution in [3.8, 4) is 0 Å². The van der Waals surface area contributed by atoms with Crippen molar-refractivity contribution in [2.75, 3.05) is 16.8 Å². The average molecular weight is 514 g/mol. The van der Waals surface area contributed by atoms with Crippen molar-refractivity contribution >= 4 is 33.2 Å². The minimum atomic E-state index is -4.14. The summed E-state index contributed by atoms with van der Waals surface area (Å²) in [5.74, 6) is -2.97. The first-order valence-corrected chi connectivity index (χ1v) is 12.9. The Labute approximate surface area is 208 Å². The molecule has 7 nitrogen and oxygen atoms in total. The summed E-state index contributed by atoms with van der Waals surface area (Å²) in [5.41, 5.74) is 2.10. The minimum absolute atomic E-state index is 0.00521. The Morgan fingerprint density at radius 3 is 2.44 bits per heavy atom. The van der Waals surface area contributed by atoms with Crippen LogP contribution in [0.15, 0.2) is 71.6 Å². The smallest absolute Gasteiger partial charge is 0.242 e. The number of carbonyl (C=O) groups is 2. The van der Waals surface area contributed by atoms with Crippen LogP contribution in [-0.4, -0.2) is 32.8 Å². The van der Waals surface area contributed by atoms with Crippen molar-refractivity contribution in [3.05, 3.63) is 89.5 Å². The van der Waals surface area contributed by atoms with Gasteiger partial charge in [0.1, 0.15) is 6.04 Å². The number of carbonyl (C=O) groups excluding carboxylic acids is 2. The standard InChI is InChI=1S/C26H25F2N3O4S/c1-2-25(32)31-13-12-18-15-20(9-11-24(18)31)36(34,35)30-23(14-17-6-4-3-5-7-17)26(33)29-19-8-10-21(27)22(28)16-19/h3-11,15-16,23,30H,2,12-14H2,1H3,(H,29,33)/t23-/m0/s1. The highest BCUT2D eigenvalue weighted by Crippen LogP contribution is 2.30. The number of nitrogens with one attached hydrogen (secondary N) is 2. The van der Waals surface area contributed by atoms with Gasteiger partial charge in [-0.15, -0.1) is 0 Å². The number of amides is 2. The maximum Gasteiger partial charge on any atom is 0.242 e. The molecule has 2 amide bonds. The van der Waals surface area contributed by atoms with Crippen molar-refractivity contribution in [1.29, 1.82) is 0 Å². The number of benzene rings is 3. The molecule has 0 aromatic heterocycles. The Morgan fingerprint density at radius 2 is 1.75 bits per heavy atom. The lowest BCUT2D eigenvalue weighted by atomic mass is 10.1. The fourth-order valence-electron chi connectivity index (χ4n) is 4.09. The summed E-state index contributed by atoms with van der Waals surface area (Å²) in [4.78, 5) is 26.8. The molecule has 0 aliphatic carbocycles. The molecule has 0 fully saturated rings. The Hall–Kier alpha value is -3.63. The normalized spacial score (nSPS) is 13.8. The van der Waals surface area contributed by atoms with E-state index in [1.807, 2.05) is 0 Å². The van der Waals surface area contributed by atoms with Crippen LogP contribution in [0.3, 0.4) is 0 Å². The lowest BCUT2D eigenvalue weighted by molar-refractivity contribution is -0.118. The van der Waals surface area contributed by atoms with Gasteiger partial charge in [-0.25, -0.2) is 17.2 Å². The first-order chi connectivity index (χ1) is 17.2. The molecule has 0 unspecified atom stereocenters. The summed E-state index contributed by atoms with van der Waals surface area (Å²) in [5, 5.41) is 2.45. The molecule has 0 saturated heterocycles. The zero-order chi connectivity index (χ0) is 25.9. The lowest BCUT2D eigenvalue weighted by Crippen LogP contribution is -2.45. The summed E-state index contributed by atoms with van der Waals surface area (Å²) in [6.45, 7) is 2.24. The van der Waals surface area contributed by atoms with Gasteiger partial charge in [0.05, 0.1) is 4.90 Å². The van der Waals surface area contributed by atoms with Gasteiger partial charge in [-0.1, -0.05) is 37.3 Å². The van der Waals surface area contributed by atoms with Gasteiger partial charge in [0.2, 0.25) is 21.8 Å². The maximum absolute atomic E-state index is 13.6. The van der Waals surface area contributed by atoms with Gasteiger partial charge in [0, 0.05) is 30.4 Å². The molecule has 4 rings (SSSR count). The monoisotopic (exact) mass is 513 g/mol. The number of sulfonamides is 1. The highest BCUT2D eigenvalue weighted by atomic mass is 32.2. The largest absolute Gasteiger partial charge is 0.325 e. The van der Waals surface area contributed by atoms with Crippen LogP contribution in [0.25, 0.3) is 0 Å².